The molecule has 0 bridgehead atoms. The first-order chi connectivity index (χ1) is 9.93. The summed E-state index contributed by atoms with van der Waals surface area (Å²) < 4.78 is 8.33. The molecule has 2 atom stereocenters. The van der Waals surface area contributed by atoms with E-state index in [-0.39, 0.29) is 8.37 Å². The fraction of sp³-hybridized carbons (Fsp3) is 0.625. The minimum absolute atomic E-state index is 0.243. The maximum absolute atomic E-state index is 2.83. The van der Waals surface area contributed by atoms with Gasteiger partial charge in [0.1, 0.15) is 8.37 Å². The second-order valence-electron chi connectivity index (χ2n) is 6.16. The van der Waals surface area contributed by atoms with Gasteiger partial charge in [0.15, 0.2) is 0 Å². The standard InChI is InChI=1S/C16H24N3P/c1-3-8-15(9-4-1)19-14-16-10-7-13-18(16)20(19)17-11-5-2-6-12-17/h1,3-4,8-9,16H,2,5-7,10-14H2/t16-,20?/m0/s1. The maximum atomic E-state index is 2.83. The summed E-state index contributed by atoms with van der Waals surface area (Å²) >= 11 is 0. The van der Waals surface area contributed by atoms with Gasteiger partial charge in [0.2, 0.25) is 0 Å². The van der Waals surface area contributed by atoms with E-state index in [0.29, 0.717) is 0 Å². The van der Waals surface area contributed by atoms with Crippen LogP contribution in [0.15, 0.2) is 30.3 Å². The molecular weight excluding hydrogens is 265 g/mol. The molecule has 3 fully saturated rings. The smallest absolute Gasteiger partial charge is 0.149 e. The van der Waals surface area contributed by atoms with Crippen molar-refractivity contribution in [2.75, 3.05) is 30.8 Å². The first kappa shape index (κ1) is 13.1. The van der Waals surface area contributed by atoms with Crippen LogP contribution in [0.1, 0.15) is 32.1 Å². The molecule has 4 heteroatoms. The molecule has 3 aliphatic rings. The van der Waals surface area contributed by atoms with Gasteiger partial charge in [-0.1, -0.05) is 24.6 Å². The Bertz CT molecular complexity index is 446. The maximum Gasteiger partial charge on any atom is 0.149 e. The van der Waals surface area contributed by atoms with Crippen LogP contribution in [0.4, 0.5) is 5.69 Å². The van der Waals surface area contributed by atoms with Crippen molar-refractivity contribution in [2.45, 2.75) is 38.1 Å². The number of hydrogen-bond donors (Lipinski definition) is 0. The predicted molar refractivity (Wildman–Crippen MR) is 85.9 cm³/mol. The highest BCUT2D eigenvalue weighted by atomic mass is 31.2. The minimum Gasteiger partial charge on any atom is -0.324 e. The molecule has 0 radical (unpaired) electrons. The second kappa shape index (κ2) is 5.63. The van der Waals surface area contributed by atoms with Crippen LogP contribution in [-0.2, 0) is 0 Å². The van der Waals surface area contributed by atoms with Crippen LogP contribution in [0.3, 0.4) is 0 Å². The minimum atomic E-state index is -0.243. The van der Waals surface area contributed by atoms with Crippen LogP contribution < -0.4 is 4.67 Å². The third kappa shape index (κ3) is 2.26. The van der Waals surface area contributed by atoms with Crippen molar-refractivity contribution in [3.63, 3.8) is 0 Å². The molecule has 0 aliphatic carbocycles. The first-order valence-electron chi connectivity index (χ1n) is 8.07. The lowest BCUT2D eigenvalue weighted by molar-refractivity contribution is 0.344. The molecular formula is C16H24N3P. The van der Waals surface area contributed by atoms with Crippen molar-refractivity contribution >= 4 is 14.1 Å². The summed E-state index contributed by atoms with van der Waals surface area (Å²) in [4.78, 5) is 0. The van der Waals surface area contributed by atoms with Gasteiger partial charge < -0.3 is 4.67 Å². The van der Waals surface area contributed by atoms with Crippen molar-refractivity contribution in [3.05, 3.63) is 30.3 Å². The van der Waals surface area contributed by atoms with Crippen LogP contribution in [0.5, 0.6) is 0 Å². The third-order valence-electron chi connectivity index (χ3n) is 4.82. The van der Waals surface area contributed by atoms with E-state index in [1.165, 1.54) is 64.0 Å². The normalized spacial score (nSPS) is 31.7. The zero-order valence-corrected chi connectivity index (χ0v) is 13.0. The number of fused-ring (bicyclic) bond motifs is 1. The molecule has 1 aromatic carbocycles. The highest BCUT2D eigenvalue weighted by molar-refractivity contribution is 7.54. The summed E-state index contributed by atoms with van der Waals surface area (Å²) in [5, 5.41) is 0. The fourth-order valence-corrected chi connectivity index (χ4v) is 6.86. The third-order valence-corrected chi connectivity index (χ3v) is 7.53. The number of benzene rings is 1. The molecule has 1 unspecified atom stereocenters. The lowest BCUT2D eigenvalue weighted by Crippen LogP contribution is -2.33. The molecule has 0 spiro atoms. The van der Waals surface area contributed by atoms with Crippen LogP contribution >= 0.6 is 8.37 Å². The van der Waals surface area contributed by atoms with E-state index in [9.17, 15) is 0 Å². The largest absolute Gasteiger partial charge is 0.324 e. The highest BCUT2D eigenvalue weighted by Crippen LogP contribution is 2.58. The van der Waals surface area contributed by atoms with Crippen molar-refractivity contribution < 1.29 is 0 Å². The Morgan fingerprint density at radius 3 is 2.50 bits per heavy atom. The number of hydrogen-bond acceptors (Lipinski definition) is 3. The zero-order valence-electron chi connectivity index (χ0n) is 12.1. The van der Waals surface area contributed by atoms with Crippen LogP contribution in [-0.4, -0.2) is 41.6 Å². The first-order valence-corrected chi connectivity index (χ1v) is 9.27. The summed E-state index contributed by atoms with van der Waals surface area (Å²) in [5.41, 5.74) is 1.43. The quantitative estimate of drug-likeness (QED) is 0.769. The highest BCUT2D eigenvalue weighted by Gasteiger charge is 2.45. The lowest BCUT2D eigenvalue weighted by atomic mass is 10.2. The molecule has 4 rings (SSSR count). The summed E-state index contributed by atoms with van der Waals surface area (Å²) in [7, 11) is -0.243. The average Bonchev–Trinajstić information content (AvgIpc) is 3.09. The molecule has 20 heavy (non-hydrogen) atoms. The zero-order chi connectivity index (χ0) is 13.4. The van der Waals surface area contributed by atoms with E-state index in [1.54, 1.807) is 0 Å². The SMILES string of the molecule is c1ccc(N2C[C@@H]3CCCN3P2N2CCCCC2)cc1. The number of rotatable bonds is 2. The van der Waals surface area contributed by atoms with Gasteiger partial charge in [0.25, 0.3) is 0 Å². The Kier molecular flexibility index (Phi) is 3.68. The second-order valence-corrected chi connectivity index (χ2v) is 8.26. The number of para-hydroxylation sites is 1. The van der Waals surface area contributed by atoms with E-state index >= 15 is 0 Å². The molecule has 0 amide bonds. The van der Waals surface area contributed by atoms with Crippen LogP contribution in [0, 0.1) is 0 Å². The number of anilines is 1. The van der Waals surface area contributed by atoms with Gasteiger partial charge in [0, 0.05) is 37.9 Å². The van der Waals surface area contributed by atoms with Gasteiger partial charge in [-0.15, -0.1) is 0 Å². The van der Waals surface area contributed by atoms with Crippen molar-refractivity contribution in [1.82, 2.24) is 9.34 Å². The summed E-state index contributed by atoms with van der Waals surface area (Å²) in [6.45, 7) is 5.17. The van der Waals surface area contributed by atoms with Gasteiger partial charge in [0.05, 0.1) is 0 Å². The van der Waals surface area contributed by atoms with E-state index in [1.807, 2.05) is 0 Å². The monoisotopic (exact) mass is 289 g/mol. The van der Waals surface area contributed by atoms with Gasteiger partial charge in [-0.2, -0.15) is 0 Å². The average molecular weight is 289 g/mol. The molecule has 0 N–H and O–H groups in total. The topological polar surface area (TPSA) is 9.72 Å². The molecule has 3 aliphatic heterocycles. The van der Waals surface area contributed by atoms with Gasteiger partial charge in [-0.3, -0.25) is 4.67 Å². The van der Waals surface area contributed by atoms with Crippen molar-refractivity contribution in [1.29, 1.82) is 0 Å². The number of nitrogens with zero attached hydrogens (tertiary/aromatic N) is 3. The van der Waals surface area contributed by atoms with E-state index in [0.717, 1.165) is 6.04 Å². The van der Waals surface area contributed by atoms with Crippen molar-refractivity contribution in [2.24, 2.45) is 0 Å². The Labute approximate surface area is 123 Å². The Balaban J connectivity index is 1.63. The molecule has 0 aromatic heterocycles. The molecule has 0 saturated carbocycles. The summed E-state index contributed by atoms with van der Waals surface area (Å²) in [6, 6.07) is 11.9. The Hall–Kier alpha value is -0.630. The molecule has 3 nitrogen and oxygen atoms in total. The van der Waals surface area contributed by atoms with E-state index in [2.05, 4.69) is 44.3 Å². The van der Waals surface area contributed by atoms with Gasteiger partial charge in [-0.25, -0.2) is 4.67 Å². The fourth-order valence-electron chi connectivity index (χ4n) is 3.83. The molecule has 1 aromatic rings. The van der Waals surface area contributed by atoms with Crippen molar-refractivity contribution in [3.8, 4) is 0 Å². The van der Waals surface area contributed by atoms with Gasteiger partial charge in [-0.05, 0) is 37.8 Å². The summed E-state index contributed by atoms with van der Waals surface area (Å²) in [6.07, 6.45) is 7.00. The Morgan fingerprint density at radius 1 is 0.900 bits per heavy atom. The molecule has 108 valence electrons. The predicted octanol–water partition coefficient (Wildman–Crippen LogP) is 3.68. The van der Waals surface area contributed by atoms with Crippen LogP contribution in [0.2, 0.25) is 0 Å². The summed E-state index contributed by atoms with van der Waals surface area (Å²) in [5.74, 6) is 0. The number of piperidine rings is 1. The lowest BCUT2D eigenvalue weighted by Gasteiger charge is -2.40. The van der Waals surface area contributed by atoms with E-state index < -0.39 is 0 Å². The van der Waals surface area contributed by atoms with E-state index in [4.69, 9.17) is 0 Å². The van der Waals surface area contributed by atoms with Crippen LogP contribution in [0.25, 0.3) is 0 Å². The molecule has 3 saturated heterocycles. The van der Waals surface area contributed by atoms with Gasteiger partial charge >= 0.3 is 0 Å². The Morgan fingerprint density at radius 2 is 1.70 bits per heavy atom. The molecule has 3 heterocycles.